The Morgan fingerprint density at radius 3 is 1.72 bits per heavy atom. The number of rotatable bonds is 4. The first-order chi connectivity index (χ1) is 15.2. The van der Waals surface area contributed by atoms with Crippen LogP contribution in [0.5, 0.6) is 0 Å². The van der Waals surface area contributed by atoms with Gasteiger partial charge in [-0.15, -0.1) is 0 Å². The first-order valence-corrected chi connectivity index (χ1v) is 14.1. The number of hydrogen-bond donors (Lipinski definition) is 0. The zero-order valence-corrected chi connectivity index (χ0v) is 23.6. The van der Waals surface area contributed by atoms with E-state index in [1.807, 2.05) is 11.6 Å². The summed E-state index contributed by atoms with van der Waals surface area (Å²) >= 11 is 6.34. The van der Waals surface area contributed by atoms with Gasteiger partial charge in [-0.2, -0.15) is 20.1 Å². The molecule has 8 heteroatoms. The fourth-order valence-corrected chi connectivity index (χ4v) is 4.64. The number of hydrogen-bond acceptors (Lipinski definition) is 8. The van der Waals surface area contributed by atoms with Crippen LogP contribution in [0.15, 0.2) is 46.9 Å². The molecule has 32 heavy (non-hydrogen) atoms. The normalized spacial score (nSPS) is 10.4. The zero-order valence-electron chi connectivity index (χ0n) is 20.4. The molecule has 0 saturated carbocycles. The maximum Gasteiger partial charge on any atom is 0.129 e. The van der Waals surface area contributed by atoms with E-state index >= 15 is 0 Å². The number of thiophene rings is 1. The van der Waals surface area contributed by atoms with Crippen molar-refractivity contribution in [1.82, 2.24) is 18.1 Å². The predicted octanol–water partition coefficient (Wildman–Crippen LogP) is 9.07. The second-order valence-electron chi connectivity index (χ2n) is 8.29. The molecule has 0 unspecified atom stereocenters. The summed E-state index contributed by atoms with van der Waals surface area (Å²) in [5, 5.41) is 7.44. The molecule has 0 spiro atoms. The molecular weight excluding hydrogens is 473 g/mol. The Kier molecular flexibility index (Phi) is 14.4. The van der Waals surface area contributed by atoms with Crippen molar-refractivity contribution in [3.05, 3.63) is 68.0 Å². The second kappa shape index (κ2) is 16.2. The third-order valence-electron chi connectivity index (χ3n) is 4.16. The van der Waals surface area contributed by atoms with Crippen molar-refractivity contribution in [2.75, 3.05) is 0 Å². The van der Waals surface area contributed by atoms with Crippen LogP contribution in [0.2, 0.25) is 0 Å². The molecule has 4 aromatic rings. The molecule has 0 bridgehead atoms. The molecule has 0 aliphatic carbocycles. The van der Waals surface area contributed by atoms with E-state index in [2.05, 4.69) is 102 Å². The maximum atomic E-state index is 4.16. The van der Waals surface area contributed by atoms with Crippen molar-refractivity contribution >= 4 is 45.9 Å². The minimum Gasteiger partial charge on any atom is -0.228 e. The van der Waals surface area contributed by atoms with Crippen molar-refractivity contribution < 1.29 is 0 Å². The Hall–Kier alpha value is -1.48. The molecule has 0 radical (unpaired) electrons. The van der Waals surface area contributed by atoms with Crippen LogP contribution in [0.25, 0.3) is 0 Å². The van der Waals surface area contributed by atoms with Gasteiger partial charge in [0.1, 0.15) is 11.3 Å². The zero-order chi connectivity index (χ0) is 23.9. The van der Waals surface area contributed by atoms with Crippen LogP contribution < -0.4 is 0 Å². The summed E-state index contributed by atoms with van der Waals surface area (Å²) in [5.41, 5.74) is 2.66. The molecule has 4 heterocycles. The van der Waals surface area contributed by atoms with E-state index in [4.69, 9.17) is 0 Å². The molecule has 0 fully saturated rings. The first-order valence-electron chi connectivity index (χ1n) is 10.8. The van der Waals surface area contributed by atoms with Crippen LogP contribution in [0.3, 0.4) is 0 Å². The van der Waals surface area contributed by atoms with Gasteiger partial charge in [0, 0.05) is 22.4 Å². The van der Waals surface area contributed by atoms with E-state index in [0.717, 1.165) is 5.01 Å². The van der Waals surface area contributed by atoms with Crippen molar-refractivity contribution in [3.8, 4) is 0 Å². The Balaban J connectivity index is 0.000000213. The molecule has 4 nitrogen and oxygen atoms in total. The van der Waals surface area contributed by atoms with Crippen LogP contribution in [-0.2, 0) is 0 Å². The van der Waals surface area contributed by atoms with Crippen LogP contribution in [0.4, 0.5) is 0 Å². The largest absolute Gasteiger partial charge is 0.228 e. The van der Waals surface area contributed by atoms with Gasteiger partial charge in [0.15, 0.2) is 0 Å². The smallest absolute Gasteiger partial charge is 0.129 e. The van der Waals surface area contributed by atoms with Crippen LogP contribution in [0.1, 0.15) is 100 Å². The van der Waals surface area contributed by atoms with Crippen LogP contribution in [-0.4, -0.2) is 18.1 Å². The van der Waals surface area contributed by atoms with E-state index < -0.39 is 0 Å². The highest BCUT2D eigenvalue weighted by atomic mass is 32.1. The first kappa shape index (κ1) is 28.6. The van der Waals surface area contributed by atoms with Crippen molar-refractivity contribution in [3.63, 3.8) is 0 Å². The van der Waals surface area contributed by atoms with Crippen molar-refractivity contribution in [2.45, 2.75) is 79.1 Å². The maximum absolute atomic E-state index is 4.16. The van der Waals surface area contributed by atoms with Gasteiger partial charge in [0.05, 0.1) is 5.69 Å². The monoisotopic (exact) mass is 508 g/mol. The highest BCUT2D eigenvalue weighted by Crippen LogP contribution is 2.17. The SMILES string of the molecule is CC(C)c1ccns1.CC(C)c1ccsc1.CC(C)c1ccsn1.CC(C)c1ncns1. The van der Waals surface area contributed by atoms with Gasteiger partial charge in [-0.3, -0.25) is 0 Å². The summed E-state index contributed by atoms with van der Waals surface area (Å²) in [5.74, 6) is 2.45. The van der Waals surface area contributed by atoms with Gasteiger partial charge < -0.3 is 0 Å². The highest BCUT2D eigenvalue weighted by Gasteiger charge is 2.00. The van der Waals surface area contributed by atoms with Crippen molar-refractivity contribution in [2.24, 2.45) is 0 Å². The average molecular weight is 509 g/mol. The third kappa shape index (κ3) is 11.9. The fourth-order valence-electron chi connectivity index (χ4n) is 2.08. The van der Waals surface area contributed by atoms with E-state index in [1.54, 1.807) is 29.2 Å². The van der Waals surface area contributed by atoms with Crippen molar-refractivity contribution in [1.29, 1.82) is 0 Å². The quantitative estimate of drug-likeness (QED) is 0.276. The third-order valence-corrected chi connectivity index (χ3v) is 7.44. The lowest BCUT2D eigenvalue weighted by molar-refractivity contribution is 0.841. The average Bonchev–Trinajstić information content (AvgIpc) is 3.56. The topological polar surface area (TPSA) is 51.6 Å². The summed E-state index contributed by atoms with van der Waals surface area (Å²) in [6, 6.07) is 6.31. The van der Waals surface area contributed by atoms with E-state index in [1.165, 1.54) is 39.2 Å². The summed E-state index contributed by atoms with van der Waals surface area (Å²) in [6.07, 6.45) is 3.44. The highest BCUT2D eigenvalue weighted by molar-refractivity contribution is 7.08. The van der Waals surface area contributed by atoms with E-state index in [0.29, 0.717) is 23.7 Å². The molecule has 4 rings (SSSR count). The lowest BCUT2D eigenvalue weighted by Crippen LogP contribution is -1.83. The summed E-state index contributed by atoms with van der Waals surface area (Å²) in [4.78, 5) is 5.39. The standard InChI is InChI=1S/C7H10S.2C6H9NS.C5H8N2S/c1-6(2)7-3-4-8-5-7;1-5(2)6-3-4-8-7-6;1-5(2)6-3-4-7-8-6;1-4(2)5-6-3-7-8-5/h3-6H,1-2H3;2*3-5H,1-2H3;3-4H,1-2H3. The molecule has 0 aromatic carbocycles. The number of aromatic nitrogens is 4. The molecule has 0 amide bonds. The molecule has 0 saturated heterocycles. The Labute approximate surface area is 210 Å². The Bertz CT molecular complexity index is 727. The van der Waals surface area contributed by atoms with Gasteiger partial charge >= 0.3 is 0 Å². The van der Waals surface area contributed by atoms with E-state index in [9.17, 15) is 0 Å². The van der Waals surface area contributed by atoms with E-state index in [-0.39, 0.29) is 0 Å². The lowest BCUT2D eigenvalue weighted by Gasteiger charge is -1.96. The Morgan fingerprint density at radius 1 is 0.719 bits per heavy atom. The predicted molar refractivity (Wildman–Crippen MR) is 145 cm³/mol. The summed E-state index contributed by atoms with van der Waals surface area (Å²) in [6.45, 7) is 17.3. The van der Waals surface area contributed by atoms with Crippen LogP contribution >= 0.6 is 45.9 Å². The van der Waals surface area contributed by atoms with Gasteiger partial charge in [0.2, 0.25) is 0 Å². The summed E-state index contributed by atoms with van der Waals surface area (Å²) < 4.78 is 12.0. The molecule has 176 valence electrons. The number of nitrogens with zero attached hydrogens (tertiary/aromatic N) is 4. The fraction of sp³-hybridized carbons (Fsp3) is 0.500. The van der Waals surface area contributed by atoms with Gasteiger partial charge in [-0.25, -0.2) is 9.36 Å². The Morgan fingerprint density at radius 2 is 1.47 bits per heavy atom. The van der Waals surface area contributed by atoms with Crippen LogP contribution in [0, 0.1) is 0 Å². The van der Waals surface area contributed by atoms with Gasteiger partial charge in [-0.05, 0) is 86.9 Å². The molecule has 4 aromatic heterocycles. The molecule has 0 aliphatic heterocycles. The molecule has 0 N–H and O–H groups in total. The second-order valence-corrected chi connectivity index (χ2v) is 11.4. The molecular formula is C24H36N4S4. The van der Waals surface area contributed by atoms with Gasteiger partial charge in [0.25, 0.3) is 0 Å². The minimum absolute atomic E-state index is 0.530. The lowest BCUT2D eigenvalue weighted by atomic mass is 10.1. The molecule has 0 aliphatic rings. The minimum atomic E-state index is 0.530. The summed E-state index contributed by atoms with van der Waals surface area (Å²) in [7, 11) is 0. The molecule has 0 atom stereocenters. The van der Waals surface area contributed by atoms with Gasteiger partial charge in [-0.1, -0.05) is 55.4 Å².